The van der Waals surface area contributed by atoms with Crippen molar-refractivity contribution in [2.45, 2.75) is 146 Å². The van der Waals surface area contributed by atoms with Gasteiger partial charge in [-0.2, -0.15) is 0 Å². The molecule has 4 fully saturated rings. The summed E-state index contributed by atoms with van der Waals surface area (Å²) in [6.07, 6.45) is 9.58. The molecule has 46 heavy (non-hydrogen) atoms. The van der Waals surface area contributed by atoms with E-state index in [1.165, 1.54) is 19.4 Å². The van der Waals surface area contributed by atoms with Gasteiger partial charge >= 0.3 is 17.9 Å². The summed E-state index contributed by atoms with van der Waals surface area (Å²) >= 11 is 0. The molecule has 0 aliphatic heterocycles. The molecule has 0 bridgehead atoms. The first-order valence-electron chi connectivity index (χ1n) is 17.7. The van der Waals surface area contributed by atoms with E-state index in [1.807, 2.05) is 6.92 Å². The number of carbonyl (C=O) groups excluding carboxylic acids is 3. The zero-order valence-electron chi connectivity index (χ0n) is 30.4. The van der Waals surface area contributed by atoms with Crippen LogP contribution in [-0.4, -0.2) is 47.9 Å². The van der Waals surface area contributed by atoms with Gasteiger partial charge in [-0.1, -0.05) is 66.2 Å². The van der Waals surface area contributed by atoms with Crippen molar-refractivity contribution in [3.8, 4) is 0 Å². The van der Waals surface area contributed by atoms with Crippen LogP contribution in [0, 0.1) is 50.2 Å². The minimum absolute atomic E-state index is 0.0240. The highest BCUT2D eigenvalue weighted by Gasteiger charge is 2.72. The molecule has 0 saturated heterocycles. The summed E-state index contributed by atoms with van der Waals surface area (Å²) in [6, 6.07) is 0. The predicted octanol–water partition coefficient (Wildman–Crippen LogP) is 7.74. The van der Waals surface area contributed by atoms with E-state index in [1.54, 1.807) is 13.0 Å². The maximum atomic E-state index is 13.3. The molecular formula is C39H60O7. The summed E-state index contributed by atoms with van der Waals surface area (Å²) in [4.78, 5) is 37.6. The quantitative estimate of drug-likeness (QED) is 0.142. The first-order chi connectivity index (χ1) is 21.2. The Bertz CT molecular complexity index is 1330. The number of rotatable bonds is 5. The van der Waals surface area contributed by atoms with Crippen LogP contribution in [0.5, 0.6) is 0 Å². The molecule has 0 heterocycles. The zero-order valence-corrected chi connectivity index (χ0v) is 30.4. The van der Waals surface area contributed by atoms with Gasteiger partial charge < -0.3 is 19.3 Å². The van der Waals surface area contributed by atoms with Crippen LogP contribution in [0.4, 0.5) is 0 Å². The number of fused-ring (bicyclic) bond motifs is 7. The van der Waals surface area contributed by atoms with Crippen LogP contribution in [0.1, 0.15) is 128 Å². The van der Waals surface area contributed by atoms with E-state index in [4.69, 9.17) is 14.2 Å². The van der Waals surface area contributed by atoms with E-state index in [0.29, 0.717) is 30.3 Å². The van der Waals surface area contributed by atoms with Gasteiger partial charge in [0.25, 0.3) is 0 Å². The van der Waals surface area contributed by atoms with Crippen LogP contribution in [0.2, 0.25) is 0 Å². The molecule has 0 aromatic heterocycles. The van der Waals surface area contributed by atoms with Crippen LogP contribution in [0.25, 0.3) is 0 Å². The molecule has 5 rings (SSSR count). The fourth-order valence-corrected chi connectivity index (χ4v) is 12.0. The van der Waals surface area contributed by atoms with E-state index in [-0.39, 0.29) is 57.6 Å². The van der Waals surface area contributed by atoms with E-state index < -0.39 is 23.6 Å². The van der Waals surface area contributed by atoms with Crippen LogP contribution in [-0.2, 0) is 28.6 Å². The van der Waals surface area contributed by atoms with Crippen molar-refractivity contribution in [2.24, 2.45) is 50.2 Å². The highest BCUT2D eigenvalue weighted by atomic mass is 16.6. The summed E-state index contributed by atoms with van der Waals surface area (Å²) in [5, 5.41) is 12.6. The van der Waals surface area contributed by atoms with Gasteiger partial charge in [0, 0.05) is 24.8 Å². The number of ether oxygens (including phenoxy) is 3. The molecule has 10 atom stereocenters. The smallest absolute Gasteiger partial charge is 0.333 e. The number of esters is 3. The van der Waals surface area contributed by atoms with Crippen LogP contribution >= 0.6 is 0 Å². The Morgan fingerprint density at radius 3 is 2.15 bits per heavy atom. The van der Waals surface area contributed by atoms with E-state index in [0.717, 1.165) is 38.5 Å². The molecule has 258 valence electrons. The Labute approximate surface area is 277 Å². The van der Waals surface area contributed by atoms with Gasteiger partial charge in [0.05, 0.1) is 11.5 Å². The average Bonchev–Trinajstić information content (AvgIpc) is 2.93. The minimum Gasteiger partial charge on any atom is -0.465 e. The lowest BCUT2D eigenvalue weighted by Crippen LogP contribution is -2.69. The third-order valence-electron chi connectivity index (χ3n) is 14.6. The van der Waals surface area contributed by atoms with E-state index >= 15 is 0 Å². The number of allylic oxidation sites excluding steroid dienone is 3. The monoisotopic (exact) mass is 640 g/mol. The summed E-state index contributed by atoms with van der Waals surface area (Å²) < 4.78 is 18.0. The SMILES string of the molecule is C/C=C(\C)C(=O)O[C@H]1CC(C)(C)C[C@H]2C3=CC[C@@H]4[C@@]5(C)CC[C@H](OC(C)=O)C(C)(C)[C@@H]5CC[C@@]4(C)[C@]3(C)C[C@@H](O)[C@@]12COC(C)=O. The fraction of sp³-hybridized carbons (Fsp3) is 0.821. The molecular weight excluding hydrogens is 580 g/mol. The van der Waals surface area contributed by atoms with Crippen molar-refractivity contribution < 1.29 is 33.7 Å². The second kappa shape index (κ2) is 11.5. The Kier molecular flexibility index (Phi) is 8.78. The Morgan fingerprint density at radius 2 is 1.54 bits per heavy atom. The summed E-state index contributed by atoms with van der Waals surface area (Å²) in [5.74, 6) is -0.258. The number of hydrogen-bond acceptors (Lipinski definition) is 7. The molecule has 7 nitrogen and oxygen atoms in total. The average molecular weight is 641 g/mol. The number of aliphatic hydroxyl groups is 1. The fourth-order valence-electron chi connectivity index (χ4n) is 12.0. The van der Waals surface area contributed by atoms with Gasteiger partial charge in [-0.15, -0.1) is 0 Å². The lowest BCUT2D eigenvalue weighted by molar-refractivity contribution is -0.242. The standard InChI is InChI=1S/C39H60O7/c1-12-23(2)33(43)46-32-21-34(5,6)19-27-26-13-14-29-36(9)17-16-31(45-25(4)41)35(7,8)28(36)15-18-37(29,10)38(26,11)20-30(42)39(27,32)22-44-24(3)40/h12-13,27-32,42H,14-22H2,1-11H3/b23-12+/t27-,28-,29+,30+,31-,32-,36-,37+,38+,39-/m0/s1. The van der Waals surface area contributed by atoms with Gasteiger partial charge in [0.1, 0.15) is 18.8 Å². The molecule has 0 amide bonds. The van der Waals surface area contributed by atoms with Crippen molar-refractivity contribution in [3.63, 3.8) is 0 Å². The zero-order chi connectivity index (χ0) is 34.3. The third-order valence-corrected chi connectivity index (χ3v) is 14.6. The molecule has 1 N–H and O–H groups in total. The highest BCUT2D eigenvalue weighted by molar-refractivity contribution is 5.87. The van der Waals surface area contributed by atoms with E-state index in [2.05, 4.69) is 54.5 Å². The number of carbonyl (C=O) groups is 3. The first-order valence-corrected chi connectivity index (χ1v) is 17.7. The largest absolute Gasteiger partial charge is 0.465 e. The van der Waals surface area contributed by atoms with Gasteiger partial charge in [-0.05, 0) is 105 Å². The first kappa shape index (κ1) is 35.2. The second-order valence-electron chi connectivity index (χ2n) is 17.9. The third kappa shape index (κ3) is 5.11. The van der Waals surface area contributed by atoms with Crippen molar-refractivity contribution >= 4 is 17.9 Å². The Morgan fingerprint density at radius 1 is 0.870 bits per heavy atom. The van der Waals surface area contributed by atoms with Gasteiger partial charge in [0.15, 0.2) is 0 Å². The van der Waals surface area contributed by atoms with Crippen molar-refractivity contribution in [1.29, 1.82) is 0 Å². The van der Waals surface area contributed by atoms with Gasteiger partial charge in [0.2, 0.25) is 0 Å². The minimum atomic E-state index is -0.926. The van der Waals surface area contributed by atoms with Crippen LogP contribution < -0.4 is 0 Å². The van der Waals surface area contributed by atoms with Crippen molar-refractivity contribution in [1.82, 2.24) is 0 Å². The Balaban J connectivity index is 1.60. The molecule has 0 spiro atoms. The molecule has 5 aliphatic carbocycles. The summed E-state index contributed by atoms with van der Waals surface area (Å²) in [7, 11) is 0. The molecule has 7 heteroatoms. The van der Waals surface area contributed by atoms with Crippen molar-refractivity contribution in [2.75, 3.05) is 6.61 Å². The van der Waals surface area contributed by atoms with Gasteiger partial charge in [-0.25, -0.2) is 4.79 Å². The topological polar surface area (TPSA) is 99.1 Å². The van der Waals surface area contributed by atoms with E-state index in [9.17, 15) is 19.5 Å². The molecule has 5 aliphatic rings. The summed E-state index contributed by atoms with van der Waals surface area (Å²) in [6.45, 7) is 22.9. The van der Waals surface area contributed by atoms with Crippen molar-refractivity contribution in [3.05, 3.63) is 23.3 Å². The maximum absolute atomic E-state index is 13.3. The normalized spacial score (nSPS) is 44.3. The molecule has 0 radical (unpaired) electrons. The molecule has 0 aromatic rings. The number of aliphatic hydroxyl groups excluding tert-OH is 1. The molecule has 0 aromatic carbocycles. The molecule has 4 saturated carbocycles. The molecule has 0 unspecified atom stereocenters. The lowest BCUT2D eigenvalue weighted by Gasteiger charge is -2.72. The number of hydrogen-bond donors (Lipinski definition) is 1. The maximum Gasteiger partial charge on any atom is 0.333 e. The highest BCUT2D eigenvalue weighted by Crippen LogP contribution is 2.76. The van der Waals surface area contributed by atoms with Crippen LogP contribution in [0.3, 0.4) is 0 Å². The Hall–Kier alpha value is -2.15. The van der Waals surface area contributed by atoms with Gasteiger partial charge in [-0.3, -0.25) is 9.59 Å². The lowest BCUT2D eigenvalue weighted by atomic mass is 9.33. The van der Waals surface area contributed by atoms with Crippen LogP contribution in [0.15, 0.2) is 23.3 Å². The predicted molar refractivity (Wildman–Crippen MR) is 177 cm³/mol. The summed E-state index contributed by atoms with van der Waals surface area (Å²) in [5.41, 5.74) is 0.372. The second-order valence-corrected chi connectivity index (χ2v) is 17.9.